The van der Waals surface area contributed by atoms with Crippen LogP contribution in [0.1, 0.15) is 17.2 Å². The van der Waals surface area contributed by atoms with Gasteiger partial charge in [0.05, 0.1) is 17.4 Å². The fourth-order valence-corrected chi connectivity index (χ4v) is 4.98. The zero-order valence-electron chi connectivity index (χ0n) is 16.6. The van der Waals surface area contributed by atoms with Crippen molar-refractivity contribution in [3.63, 3.8) is 0 Å². The second-order valence-corrected chi connectivity index (χ2v) is 9.30. The molecular weight excluding hydrogens is 374 g/mol. The van der Waals surface area contributed by atoms with Gasteiger partial charge in [-0.15, -0.1) is 0 Å². The number of hydrogen-bond donors (Lipinski definition) is 0. The molecule has 2 aromatic carbocycles. The van der Waals surface area contributed by atoms with E-state index in [2.05, 4.69) is 4.90 Å². The molecule has 1 atom stereocenters. The van der Waals surface area contributed by atoms with E-state index in [1.54, 1.807) is 42.7 Å². The largest absolute Gasteiger partial charge is 0.349 e. The third kappa shape index (κ3) is 4.43. The molecule has 1 heterocycles. The lowest BCUT2D eigenvalue weighted by Gasteiger charge is -2.39. The predicted molar refractivity (Wildman–Crippen MR) is 109 cm³/mol. The molecule has 150 valence electrons. The number of carbonyl (C=O) groups excluding carboxylic acids is 1. The Morgan fingerprint density at radius 2 is 1.68 bits per heavy atom. The van der Waals surface area contributed by atoms with Crippen molar-refractivity contribution in [3.05, 3.63) is 65.7 Å². The minimum atomic E-state index is -3.63. The average Bonchev–Trinajstić information content (AvgIpc) is 2.68. The first-order chi connectivity index (χ1) is 13.3. The fourth-order valence-electron chi connectivity index (χ4n) is 3.38. The molecule has 0 N–H and O–H groups in total. The summed E-state index contributed by atoms with van der Waals surface area (Å²) in [6.07, 6.45) is 0.258. The molecule has 6 nitrogen and oxygen atoms in total. The van der Waals surface area contributed by atoms with Gasteiger partial charge >= 0.3 is 0 Å². The first-order valence-corrected chi connectivity index (χ1v) is 10.8. The molecular formula is C21H27N3O3S. The summed E-state index contributed by atoms with van der Waals surface area (Å²) in [5.41, 5.74) is 1.79. The van der Waals surface area contributed by atoms with Gasteiger partial charge in [0.15, 0.2) is 0 Å². The molecule has 1 aliphatic rings. The minimum Gasteiger partial charge on any atom is -0.349 e. The van der Waals surface area contributed by atoms with Gasteiger partial charge in [0, 0.05) is 33.7 Å². The van der Waals surface area contributed by atoms with Crippen molar-refractivity contribution in [1.29, 1.82) is 0 Å². The van der Waals surface area contributed by atoms with Gasteiger partial charge in [0.2, 0.25) is 15.9 Å². The molecule has 3 rings (SSSR count). The van der Waals surface area contributed by atoms with Crippen LogP contribution in [0.25, 0.3) is 0 Å². The van der Waals surface area contributed by atoms with E-state index in [4.69, 9.17) is 0 Å². The molecule has 0 unspecified atom stereocenters. The molecule has 0 bridgehead atoms. The Kier molecular flexibility index (Phi) is 6.17. The summed E-state index contributed by atoms with van der Waals surface area (Å²) < 4.78 is 28.3. The summed E-state index contributed by atoms with van der Waals surface area (Å²) in [5, 5.41) is 0. The second kappa shape index (κ2) is 8.43. The van der Waals surface area contributed by atoms with Crippen LogP contribution in [-0.2, 0) is 21.2 Å². The number of piperazine rings is 1. The summed E-state index contributed by atoms with van der Waals surface area (Å²) in [5.74, 6) is -0.0150. The molecule has 1 fully saturated rings. The SMILES string of the molecule is CN1CCN(S(=O)(=O)c2ccc(CC(=O)N(C)C)cc2)[C@H](c2ccccc2)C1. The molecule has 2 aromatic rings. The Labute approximate surface area is 167 Å². The Hall–Kier alpha value is -2.22. The van der Waals surface area contributed by atoms with Gasteiger partial charge in [-0.3, -0.25) is 4.79 Å². The van der Waals surface area contributed by atoms with Gasteiger partial charge < -0.3 is 9.80 Å². The maximum atomic E-state index is 13.4. The van der Waals surface area contributed by atoms with Crippen molar-refractivity contribution < 1.29 is 13.2 Å². The van der Waals surface area contributed by atoms with Crippen molar-refractivity contribution in [2.75, 3.05) is 40.8 Å². The van der Waals surface area contributed by atoms with E-state index < -0.39 is 10.0 Å². The highest BCUT2D eigenvalue weighted by atomic mass is 32.2. The average molecular weight is 402 g/mol. The highest BCUT2D eigenvalue weighted by Crippen LogP contribution is 2.30. The topological polar surface area (TPSA) is 60.9 Å². The normalized spacial score (nSPS) is 18.8. The number of nitrogens with zero attached hydrogens (tertiary/aromatic N) is 3. The molecule has 1 amide bonds. The van der Waals surface area contributed by atoms with Gasteiger partial charge in [0.1, 0.15) is 0 Å². The first-order valence-electron chi connectivity index (χ1n) is 9.33. The summed E-state index contributed by atoms with van der Waals surface area (Å²) in [6.45, 7) is 1.79. The van der Waals surface area contributed by atoms with E-state index >= 15 is 0 Å². The maximum Gasteiger partial charge on any atom is 0.243 e. The lowest BCUT2D eigenvalue weighted by atomic mass is 10.1. The standard InChI is InChI=1S/C21H27N3O3S/c1-22(2)21(25)15-17-9-11-19(12-10-17)28(26,27)24-14-13-23(3)16-20(24)18-7-5-4-6-8-18/h4-12,20H,13-16H2,1-3H3/t20-/m0/s1. The smallest absolute Gasteiger partial charge is 0.243 e. The van der Waals surface area contributed by atoms with Crippen molar-refractivity contribution in [2.24, 2.45) is 0 Å². The van der Waals surface area contributed by atoms with Gasteiger partial charge in [-0.25, -0.2) is 8.42 Å². The Morgan fingerprint density at radius 1 is 1.04 bits per heavy atom. The monoisotopic (exact) mass is 401 g/mol. The molecule has 0 spiro atoms. The molecule has 1 aliphatic heterocycles. The summed E-state index contributed by atoms with van der Waals surface area (Å²) in [6, 6.07) is 16.2. The second-order valence-electron chi connectivity index (χ2n) is 7.41. The summed E-state index contributed by atoms with van der Waals surface area (Å²) in [7, 11) is 1.79. The Bertz CT molecular complexity index is 912. The molecule has 28 heavy (non-hydrogen) atoms. The zero-order valence-corrected chi connectivity index (χ0v) is 17.4. The number of sulfonamides is 1. The van der Waals surface area contributed by atoms with Gasteiger partial charge in [-0.05, 0) is 30.3 Å². The van der Waals surface area contributed by atoms with Crippen molar-refractivity contribution in [1.82, 2.24) is 14.1 Å². The molecule has 1 saturated heterocycles. The minimum absolute atomic E-state index is 0.0150. The van der Waals surface area contributed by atoms with Crippen LogP contribution in [0.15, 0.2) is 59.5 Å². The van der Waals surface area contributed by atoms with Gasteiger partial charge in [-0.2, -0.15) is 4.31 Å². The van der Waals surface area contributed by atoms with E-state index in [1.807, 2.05) is 37.4 Å². The van der Waals surface area contributed by atoms with E-state index in [-0.39, 0.29) is 23.3 Å². The number of amides is 1. The Balaban J connectivity index is 1.87. The highest BCUT2D eigenvalue weighted by molar-refractivity contribution is 7.89. The van der Waals surface area contributed by atoms with E-state index in [0.717, 1.165) is 11.1 Å². The first kappa shape index (κ1) is 20.5. The maximum absolute atomic E-state index is 13.4. The summed E-state index contributed by atoms with van der Waals surface area (Å²) >= 11 is 0. The van der Waals surface area contributed by atoms with E-state index in [9.17, 15) is 13.2 Å². The highest BCUT2D eigenvalue weighted by Gasteiger charge is 2.36. The molecule has 0 aromatic heterocycles. The lowest BCUT2D eigenvalue weighted by molar-refractivity contribution is -0.127. The van der Waals surface area contributed by atoms with Crippen LogP contribution >= 0.6 is 0 Å². The molecule has 0 aliphatic carbocycles. The van der Waals surface area contributed by atoms with Crippen LogP contribution in [0, 0.1) is 0 Å². The number of carbonyl (C=O) groups is 1. The van der Waals surface area contributed by atoms with Gasteiger partial charge in [0.25, 0.3) is 0 Å². The third-order valence-electron chi connectivity index (χ3n) is 5.10. The molecule has 0 saturated carbocycles. The number of rotatable bonds is 5. The number of hydrogen-bond acceptors (Lipinski definition) is 4. The fraction of sp³-hybridized carbons (Fsp3) is 0.381. The van der Waals surface area contributed by atoms with Crippen LogP contribution in [-0.4, -0.2) is 69.2 Å². The van der Waals surface area contributed by atoms with Crippen LogP contribution in [0.3, 0.4) is 0 Å². The third-order valence-corrected chi connectivity index (χ3v) is 7.03. The molecule has 7 heteroatoms. The number of benzene rings is 2. The Morgan fingerprint density at radius 3 is 2.29 bits per heavy atom. The van der Waals surface area contributed by atoms with Crippen molar-refractivity contribution in [3.8, 4) is 0 Å². The van der Waals surface area contributed by atoms with Crippen LogP contribution in [0.2, 0.25) is 0 Å². The van der Waals surface area contributed by atoms with E-state index in [1.165, 1.54) is 4.90 Å². The number of likely N-dealkylation sites (N-methyl/N-ethyl adjacent to an activating group) is 2. The quantitative estimate of drug-likeness (QED) is 0.769. The van der Waals surface area contributed by atoms with Crippen LogP contribution in [0.4, 0.5) is 0 Å². The lowest BCUT2D eigenvalue weighted by Crippen LogP contribution is -2.49. The summed E-state index contributed by atoms with van der Waals surface area (Å²) in [4.78, 5) is 15.8. The van der Waals surface area contributed by atoms with E-state index in [0.29, 0.717) is 19.6 Å². The van der Waals surface area contributed by atoms with Crippen LogP contribution < -0.4 is 0 Å². The van der Waals surface area contributed by atoms with Crippen molar-refractivity contribution >= 4 is 15.9 Å². The van der Waals surface area contributed by atoms with Crippen molar-refractivity contribution in [2.45, 2.75) is 17.4 Å². The van der Waals surface area contributed by atoms with Crippen LogP contribution in [0.5, 0.6) is 0 Å². The zero-order chi connectivity index (χ0) is 20.3. The van der Waals surface area contributed by atoms with Gasteiger partial charge in [-0.1, -0.05) is 42.5 Å². The predicted octanol–water partition coefficient (Wildman–Crippen LogP) is 1.99. The molecule has 0 radical (unpaired) electrons.